The van der Waals surface area contributed by atoms with Crippen LogP contribution < -0.4 is 0 Å². The van der Waals surface area contributed by atoms with Crippen molar-refractivity contribution in [3.8, 4) is 0 Å². The van der Waals surface area contributed by atoms with Gasteiger partial charge < -0.3 is 14.8 Å². The molecule has 120 valence electrons. The molecule has 0 atom stereocenters. The predicted octanol–water partition coefficient (Wildman–Crippen LogP) is 2.92. The number of hydrogen-bond donors (Lipinski definition) is 1. The van der Waals surface area contributed by atoms with Gasteiger partial charge in [-0.3, -0.25) is 9.59 Å². The second-order valence-electron chi connectivity index (χ2n) is 5.27. The Kier molecular flexibility index (Phi) is 4.59. The molecule has 1 saturated heterocycles. The molecule has 1 aromatic carbocycles. The number of piperazine rings is 1. The minimum Gasteiger partial charge on any atom is -0.357 e. The molecule has 0 radical (unpaired) electrons. The molecule has 2 amide bonds. The Hall–Kier alpha value is -1.98. The van der Waals surface area contributed by atoms with Crippen LogP contribution in [0.4, 0.5) is 0 Å². The molecular weight excluding hydrogens is 337 g/mol. The summed E-state index contributed by atoms with van der Waals surface area (Å²) >= 11 is 12.1. The number of H-pyrrole nitrogens is 1. The number of aromatic nitrogens is 1. The molecule has 1 aromatic heterocycles. The number of nitrogens with one attached hydrogen (secondary N) is 1. The second-order valence-corrected chi connectivity index (χ2v) is 6.05. The van der Waals surface area contributed by atoms with E-state index in [2.05, 4.69) is 4.98 Å². The number of halogens is 2. The van der Waals surface area contributed by atoms with Crippen LogP contribution in [0.15, 0.2) is 36.5 Å². The van der Waals surface area contributed by atoms with E-state index < -0.39 is 0 Å². The summed E-state index contributed by atoms with van der Waals surface area (Å²) in [5.41, 5.74) is 0.950. The van der Waals surface area contributed by atoms with Crippen molar-refractivity contribution in [1.29, 1.82) is 0 Å². The number of rotatable bonds is 2. The largest absolute Gasteiger partial charge is 0.357 e. The van der Waals surface area contributed by atoms with Gasteiger partial charge in [0.2, 0.25) is 0 Å². The van der Waals surface area contributed by atoms with E-state index in [1.165, 1.54) is 0 Å². The molecule has 2 heterocycles. The van der Waals surface area contributed by atoms with Crippen molar-refractivity contribution < 1.29 is 9.59 Å². The molecule has 1 fully saturated rings. The summed E-state index contributed by atoms with van der Waals surface area (Å²) < 4.78 is 0. The van der Waals surface area contributed by atoms with Gasteiger partial charge >= 0.3 is 0 Å². The van der Waals surface area contributed by atoms with Crippen LogP contribution in [0, 0.1) is 0 Å². The molecule has 2 aromatic rings. The summed E-state index contributed by atoms with van der Waals surface area (Å²) in [7, 11) is 0. The third-order valence-electron chi connectivity index (χ3n) is 3.86. The van der Waals surface area contributed by atoms with E-state index >= 15 is 0 Å². The zero-order chi connectivity index (χ0) is 16.4. The van der Waals surface area contributed by atoms with Crippen LogP contribution in [0.5, 0.6) is 0 Å². The van der Waals surface area contributed by atoms with E-state index in [1.807, 2.05) is 0 Å². The molecule has 0 spiro atoms. The highest BCUT2D eigenvalue weighted by molar-refractivity contribution is 6.43. The van der Waals surface area contributed by atoms with Gasteiger partial charge in [-0.25, -0.2) is 0 Å². The highest BCUT2D eigenvalue weighted by Crippen LogP contribution is 2.26. The van der Waals surface area contributed by atoms with Crippen LogP contribution in [0.2, 0.25) is 10.0 Å². The van der Waals surface area contributed by atoms with Crippen molar-refractivity contribution in [1.82, 2.24) is 14.8 Å². The van der Waals surface area contributed by atoms with Gasteiger partial charge in [0, 0.05) is 32.4 Å². The molecule has 5 nitrogen and oxygen atoms in total. The smallest absolute Gasteiger partial charge is 0.270 e. The Morgan fingerprint density at radius 2 is 1.57 bits per heavy atom. The molecule has 1 N–H and O–H groups in total. The highest BCUT2D eigenvalue weighted by Gasteiger charge is 2.27. The Labute approximate surface area is 143 Å². The summed E-state index contributed by atoms with van der Waals surface area (Å²) in [4.78, 5) is 31.1. The van der Waals surface area contributed by atoms with E-state index in [0.717, 1.165) is 0 Å². The molecule has 23 heavy (non-hydrogen) atoms. The number of carbonyl (C=O) groups excluding carboxylic acids is 2. The van der Waals surface area contributed by atoms with Gasteiger partial charge in [0.15, 0.2) is 0 Å². The summed E-state index contributed by atoms with van der Waals surface area (Å²) in [6.07, 6.45) is 1.72. The van der Waals surface area contributed by atoms with Crippen molar-refractivity contribution in [2.75, 3.05) is 26.2 Å². The van der Waals surface area contributed by atoms with Crippen LogP contribution in [0.3, 0.4) is 0 Å². The Balaban J connectivity index is 1.66. The van der Waals surface area contributed by atoms with Crippen LogP contribution in [-0.4, -0.2) is 52.8 Å². The molecule has 1 aliphatic rings. The number of nitrogens with zero attached hydrogens (tertiary/aromatic N) is 2. The van der Waals surface area contributed by atoms with E-state index in [-0.39, 0.29) is 16.8 Å². The summed E-state index contributed by atoms with van der Waals surface area (Å²) in [6.45, 7) is 1.91. The van der Waals surface area contributed by atoms with E-state index in [9.17, 15) is 9.59 Å². The molecule has 0 unspecified atom stereocenters. The third-order valence-corrected chi connectivity index (χ3v) is 4.68. The standard InChI is InChI=1S/C16H15Cl2N3O2/c17-12-4-1-3-11(14(12)18)15(22)20-7-9-21(10-8-20)16(23)13-5-2-6-19-13/h1-6,19H,7-10H2. The predicted molar refractivity (Wildman–Crippen MR) is 89.1 cm³/mol. The first-order chi connectivity index (χ1) is 11.1. The van der Waals surface area contributed by atoms with Crippen molar-refractivity contribution in [2.24, 2.45) is 0 Å². The lowest BCUT2D eigenvalue weighted by atomic mass is 10.1. The molecule has 3 rings (SSSR count). The fraction of sp³-hybridized carbons (Fsp3) is 0.250. The molecule has 1 aliphatic heterocycles. The van der Waals surface area contributed by atoms with Gasteiger partial charge in [0.05, 0.1) is 15.6 Å². The van der Waals surface area contributed by atoms with Gasteiger partial charge in [-0.05, 0) is 24.3 Å². The lowest BCUT2D eigenvalue weighted by Crippen LogP contribution is -2.50. The summed E-state index contributed by atoms with van der Waals surface area (Å²) in [5, 5.41) is 0.627. The van der Waals surface area contributed by atoms with Gasteiger partial charge in [-0.1, -0.05) is 29.3 Å². The van der Waals surface area contributed by atoms with Gasteiger partial charge in [-0.15, -0.1) is 0 Å². The first kappa shape index (κ1) is 15.9. The van der Waals surface area contributed by atoms with Crippen LogP contribution in [-0.2, 0) is 0 Å². The molecule has 0 saturated carbocycles. The minimum atomic E-state index is -0.163. The highest BCUT2D eigenvalue weighted by atomic mass is 35.5. The average molecular weight is 352 g/mol. The average Bonchev–Trinajstić information content (AvgIpc) is 3.11. The van der Waals surface area contributed by atoms with E-state index in [4.69, 9.17) is 23.2 Å². The quantitative estimate of drug-likeness (QED) is 0.904. The first-order valence-electron chi connectivity index (χ1n) is 7.24. The van der Waals surface area contributed by atoms with E-state index in [0.29, 0.717) is 42.5 Å². The fourth-order valence-corrected chi connectivity index (χ4v) is 2.97. The van der Waals surface area contributed by atoms with E-state index in [1.54, 1.807) is 46.3 Å². The van der Waals surface area contributed by atoms with Gasteiger partial charge in [-0.2, -0.15) is 0 Å². The van der Waals surface area contributed by atoms with Crippen LogP contribution >= 0.6 is 23.2 Å². The maximum Gasteiger partial charge on any atom is 0.270 e. The molecule has 0 aliphatic carbocycles. The first-order valence-corrected chi connectivity index (χ1v) is 7.99. The summed E-state index contributed by atoms with van der Waals surface area (Å²) in [6, 6.07) is 8.53. The van der Waals surface area contributed by atoms with Gasteiger partial charge in [0.1, 0.15) is 5.69 Å². The zero-order valence-electron chi connectivity index (χ0n) is 12.3. The van der Waals surface area contributed by atoms with Crippen molar-refractivity contribution in [3.05, 3.63) is 57.8 Å². The maximum absolute atomic E-state index is 12.6. The fourth-order valence-electron chi connectivity index (χ4n) is 2.59. The zero-order valence-corrected chi connectivity index (χ0v) is 13.8. The molecular formula is C16H15Cl2N3O2. The number of benzene rings is 1. The monoisotopic (exact) mass is 351 g/mol. The lowest BCUT2D eigenvalue weighted by molar-refractivity contribution is 0.0533. The number of hydrogen-bond acceptors (Lipinski definition) is 2. The number of carbonyl (C=O) groups is 2. The van der Waals surface area contributed by atoms with Crippen molar-refractivity contribution >= 4 is 35.0 Å². The SMILES string of the molecule is O=C(c1ccc[nH]1)N1CCN(C(=O)c2cccc(Cl)c2Cl)CC1. The maximum atomic E-state index is 12.6. The Morgan fingerprint density at radius 3 is 2.17 bits per heavy atom. The van der Waals surface area contributed by atoms with Crippen molar-refractivity contribution in [3.63, 3.8) is 0 Å². The van der Waals surface area contributed by atoms with Crippen LogP contribution in [0.1, 0.15) is 20.8 Å². The third kappa shape index (κ3) is 3.21. The molecule has 0 bridgehead atoms. The number of amides is 2. The second kappa shape index (κ2) is 6.64. The van der Waals surface area contributed by atoms with Crippen LogP contribution in [0.25, 0.3) is 0 Å². The normalized spacial score (nSPS) is 14.9. The minimum absolute atomic E-state index is 0.0529. The Morgan fingerprint density at radius 1 is 0.913 bits per heavy atom. The van der Waals surface area contributed by atoms with Gasteiger partial charge in [0.25, 0.3) is 11.8 Å². The van der Waals surface area contributed by atoms with Crippen molar-refractivity contribution in [2.45, 2.75) is 0 Å². The Bertz CT molecular complexity index is 723. The summed E-state index contributed by atoms with van der Waals surface area (Å²) in [5.74, 6) is -0.215. The lowest BCUT2D eigenvalue weighted by Gasteiger charge is -2.34. The number of aromatic amines is 1. The molecule has 7 heteroatoms. The topological polar surface area (TPSA) is 56.4 Å².